The molecule has 0 radical (unpaired) electrons. The van der Waals surface area contributed by atoms with Gasteiger partial charge in [-0.3, -0.25) is 9.97 Å². The molecule has 2 aromatic carbocycles. The zero-order valence-corrected chi connectivity index (χ0v) is 30.7. The number of esters is 4. The fourth-order valence-corrected chi connectivity index (χ4v) is 5.09. The predicted molar refractivity (Wildman–Crippen MR) is 201 cm³/mol. The van der Waals surface area contributed by atoms with Gasteiger partial charge in [-0.05, 0) is 74.2 Å². The lowest BCUT2D eigenvalue weighted by atomic mass is 10.1. The molecule has 14 nitrogen and oxygen atoms in total. The molecule has 3 heterocycles. The summed E-state index contributed by atoms with van der Waals surface area (Å²) >= 11 is 0. The number of hydrogen-bond donors (Lipinski definition) is 0. The third-order valence-electron chi connectivity index (χ3n) is 8.06. The lowest BCUT2D eigenvalue weighted by molar-refractivity contribution is -0.288. The molecule has 1 aliphatic heterocycles. The van der Waals surface area contributed by atoms with Gasteiger partial charge in [0.05, 0.1) is 74.5 Å². The Labute approximate surface area is 324 Å². The summed E-state index contributed by atoms with van der Waals surface area (Å²) in [6.07, 6.45) is 5.64. The zero-order valence-electron chi connectivity index (χ0n) is 30.7. The van der Waals surface area contributed by atoms with Crippen molar-refractivity contribution in [2.45, 2.75) is 38.3 Å². The van der Waals surface area contributed by atoms with Crippen LogP contribution < -0.4 is 9.47 Å². The number of carbonyl (C=O) groups is 4. The minimum absolute atomic E-state index is 0.139. The highest BCUT2D eigenvalue weighted by molar-refractivity contribution is 5.91. The molecule has 0 spiro atoms. The quantitative estimate of drug-likeness (QED) is 0.0425. The van der Waals surface area contributed by atoms with Gasteiger partial charge in [0.25, 0.3) is 12.6 Å². The third-order valence-corrected chi connectivity index (χ3v) is 8.06. The molecule has 292 valence electrons. The predicted octanol–water partition coefficient (Wildman–Crippen LogP) is 6.30. The number of carbonyl (C=O) groups excluding carboxylic acids is 4. The third kappa shape index (κ3) is 12.6. The van der Waals surface area contributed by atoms with Crippen LogP contribution in [-0.4, -0.2) is 86.1 Å². The molecule has 0 saturated carbocycles. The second-order valence-corrected chi connectivity index (χ2v) is 12.1. The number of unbranched alkanes of at least 4 members (excludes halogenated alkanes) is 2. The van der Waals surface area contributed by atoms with Crippen molar-refractivity contribution >= 4 is 23.9 Å². The summed E-state index contributed by atoms with van der Waals surface area (Å²) in [5, 5.41) is 0. The molecule has 0 N–H and O–H groups in total. The van der Waals surface area contributed by atoms with E-state index in [0.717, 1.165) is 23.3 Å². The summed E-state index contributed by atoms with van der Waals surface area (Å²) in [5.74, 6) is -1.08. The van der Waals surface area contributed by atoms with Gasteiger partial charge in [0.2, 0.25) is 0 Å². The van der Waals surface area contributed by atoms with Gasteiger partial charge in [-0.2, -0.15) is 0 Å². The zero-order chi connectivity index (χ0) is 39.5. The van der Waals surface area contributed by atoms with Crippen LogP contribution in [0.1, 0.15) is 46.4 Å². The van der Waals surface area contributed by atoms with Crippen LogP contribution in [0.25, 0.3) is 22.5 Å². The maximum absolute atomic E-state index is 13.0. The van der Waals surface area contributed by atoms with Crippen LogP contribution in [0.2, 0.25) is 0 Å². The number of pyridine rings is 2. The van der Waals surface area contributed by atoms with Gasteiger partial charge < -0.3 is 37.9 Å². The van der Waals surface area contributed by atoms with Gasteiger partial charge >= 0.3 is 23.9 Å². The maximum atomic E-state index is 13.0. The number of hydrogen-bond acceptors (Lipinski definition) is 14. The van der Waals surface area contributed by atoms with Gasteiger partial charge in [-0.25, -0.2) is 19.2 Å². The average molecular weight is 767 g/mol. The smallest absolute Gasteiger partial charge is 0.340 e. The Kier molecular flexibility index (Phi) is 15.7. The van der Waals surface area contributed by atoms with E-state index < -0.39 is 36.5 Å². The number of aromatic nitrogens is 2. The summed E-state index contributed by atoms with van der Waals surface area (Å²) < 4.78 is 43.6. The van der Waals surface area contributed by atoms with E-state index in [9.17, 15) is 19.2 Å². The first kappa shape index (κ1) is 40.8. The molecular formula is C42H42N2O12. The SMILES string of the molecule is C=CC(=O)OCCCCOc1ccc(-c2ccc(C(=O)O[C@@H]3OCCO[C@H]3OC(=O)c3ccc(-c4ccc(OCCCCOC(=O)C=C)cn4)cc3)cc2)nc1. The first-order valence-corrected chi connectivity index (χ1v) is 17.9. The Morgan fingerprint density at radius 3 is 1.32 bits per heavy atom. The lowest BCUT2D eigenvalue weighted by Crippen LogP contribution is -2.44. The normalized spacial score (nSPS) is 14.8. The van der Waals surface area contributed by atoms with Crippen LogP contribution in [0.5, 0.6) is 11.5 Å². The highest BCUT2D eigenvalue weighted by atomic mass is 16.8. The number of rotatable bonds is 20. The molecule has 2 atom stereocenters. The monoisotopic (exact) mass is 766 g/mol. The Morgan fingerprint density at radius 2 is 0.964 bits per heavy atom. The fourth-order valence-electron chi connectivity index (χ4n) is 5.09. The van der Waals surface area contributed by atoms with E-state index in [4.69, 9.17) is 37.9 Å². The molecule has 2 aromatic heterocycles. The summed E-state index contributed by atoms with van der Waals surface area (Å²) in [7, 11) is 0. The molecule has 0 aliphatic carbocycles. The van der Waals surface area contributed by atoms with Gasteiger partial charge in [-0.15, -0.1) is 0 Å². The second-order valence-electron chi connectivity index (χ2n) is 12.1. The van der Waals surface area contributed by atoms with Crippen LogP contribution in [0, 0.1) is 0 Å². The highest BCUT2D eigenvalue weighted by Crippen LogP contribution is 2.24. The molecule has 56 heavy (non-hydrogen) atoms. The molecule has 1 saturated heterocycles. The highest BCUT2D eigenvalue weighted by Gasteiger charge is 2.34. The van der Waals surface area contributed by atoms with Gasteiger partial charge in [-0.1, -0.05) is 37.4 Å². The number of nitrogens with zero attached hydrogens (tertiary/aromatic N) is 2. The molecule has 0 bridgehead atoms. The average Bonchev–Trinajstić information content (AvgIpc) is 3.24. The van der Waals surface area contributed by atoms with Crippen molar-refractivity contribution in [2.75, 3.05) is 39.6 Å². The van der Waals surface area contributed by atoms with Gasteiger partial charge in [0.1, 0.15) is 11.5 Å². The van der Waals surface area contributed by atoms with E-state index in [1.807, 2.05) is 0 Å². The van der Waals surface area contributed by atoms with Gasteiger partial charge in [0, 0.05) is 23.3 Å². The van der Waals surface area contributed by atoms with Crippen molar-refractivity contribution in [3.05, 3.63) is 122 Å². The van der Waals surface area contributed by atoms with Crippen LogP contribution in [0.3, 0.4) is 0 Å². The van der Waals surface area contributed by atoms with Crippen molar-refractivity contribution in [1.29, 1.82) is 0 Å². The molecule has 14 heteroatoms. The van der Waals surface area contributed by atoms with Crippen LogP contribution in [-0.2, 0) is 38.0 Å². The molecule has 1 aliphatic rings. The minimum Gasteiger partial charge on any atom is -0.492 e. The van der Waals surface area contributed by atoms with Crippen molar-refractivity contribution < 1.29 is 57.1 Å². The van der Waals surface area contributed by atoms with Crippen LogP contribution >= 0.6 is 0 Å². The van der Waals surface area contributed by atoms with E-state index in [0.29, 0.717) is 75.0 Å². The van der Waals surface area contributed by atoms with Crippen molar-refractivity contribution in [3.63, 3.8) is 0 Å². The lowest BCUT2D eigenvalue weighted by Gasteiger charge is -2.30. The van der Waals surface area contributed by atoms with Crippen molar-refractivity contribution in [2.24, 2.45) is 0 Å². The topological polar surface area (TPSA) is 168 Å². The molecule has 0 unspecified atom stereocenters. The first-order valence-electron chi connectivity index (χ1n) is 17.9. The Morgan fingerprint density at radius 1 is 0.571 bits per heavy atom. The minimum atomic E-state index is -1.28. The van der Waals surface area contributed by atoms with Crippen LogP contribution in [0.4, 0.5) is 0 Å². The maximum Gasteiger partial charge on any atom is 0.340 e. The summed E-state index contributed by atoms with van der Waals surface area (Å²) in [6.45, 7) is 8.49. The Bertz CT molecular complexity index is 1770. The van der Waals surface area contributed by atoms with E-state index in [2.05, 4.69) is 23.1 Å². The van der Waals surface area contributed by atoms with E-state index >= 15 is 0 Å². The summed E-state index contributed by atoms with van der Waals surface area (Å²) in [5.41, 5.74) is 3.38. The largest absolute Gasteiger partial charge is 0.492 e. The molecule has 1 fully saturated rings. The van der Waals surface area contributed by atoms with E-state index in [-0.39, 0.29) is 24.3 Å². The fraction of sp³-hybridized carbons (Fsp3) is 0.286. The standard InChI is InChI=1S/C42H42N2O12/c1-3-37(45)51-23-7-5-21-49-33-17-19-35(43-27-33)29-9-13-31(14-10-29)39(47)55-41-42(54-26-25-53-41)56-40(48)32-15-11-30(12-16-32)36-20-18-34(28-44-36)50-22-6-8-24-52-38(46)4-2/h3-4,9-20,27-28,41-42H,1-2,5-8,21-26H2/t41-,42-/m0/s1. The summed E-state index contributed by atoms with van der Waals surface area (Å²) in [6, 6.07) is 20.5. The first-order chi connectivity index (χ1) is 27.3. The van der Waals surface area contributed by atoms with Gasteiger partial charge in [0.15, 0.2) is 0 Å². The van der Waals surface area contributed by atoms with E-state index in [1.165, 1.54) is 0 Å². The second kappa shape index (κ2) is 21.5. The number of benzene rings is 2. The molecule has 5 rings (SSSR count). The molecule has 0 amide bonds. The number of ether oxygens (including phenoxy) is 8. The Hall–Kier alpha value is -6.38. The molecule has 4 aromatic rings. The van der Waals surface area contributed by atoms with Crippen molar-refractivity contribution in [3.8, 4) is 34.0 Å². The summed E-state index contributed by atoms with van der Waals surface area (Å²) in [4.78, 5) is 57.1. The van der Waals surface area contributed by atoms with Crippen molar-refractivity contribution in [1.82, 2.24) is 9.97 Å². The molecular weight excluding hydrogens is 724 g/mol. The Balaban J connectivity index is 1.06. The van der Waals surface area contributed by atoms with Crippen LogP contribution in [0.15, 0.2) is 111 Å². The van der Waals surface area contributed by atoms with E-state index in [1.54, 1.807) is 85.2 Å².